The highest BCUT2D eigenvalue weighted by atomic mass is 35.5. The third-order valence-corrected chi connectivity index (χ3v) is 9.61. The quantitative estimate of drug-likeness (QED) is 0.414. The molecule has 0 spiro atoms. The lowest BCUT2D eigenvalue weighted by Gasteiger charge is -2.19. The summed E-state index contributed by atoms with van der Waals surface area (Å²) in [5, 5.41) is 7.02. The van der Waals surface area contributed by atoms with Crippen LogP contribution in [0.2, 0.25) is 5.02 Å². The van der Waals surface area contributed by atoms with Gasteiger partial charge in [-0.05, 0) is 68.6 Å². The highest BCUT2D eigenvalue weighted by molar-refractivity contribution is 7.91. The number of sulfonamides is 1. The monoisotopic (exact) mass is 511 g/mol. The van der Waals surface area contributed by atoms with E-state index in [4.69, 9.17) is 11.6 Å². The Kier molecular flexibility index (Phi) is 10.2. The molecule has 0 radical (unpaired) electrons. The minimum atomic E-state index is -3.52. The van der Waals surface area contributed by atoms with Gasteiger partial charge in [-0.3, -0.25) is 4.79 Å². The molecule has 1 aliphatic heterocycles. The van der Waals surface area contributed by atoms with Gasteiger partial charge in [0.2, 0.25) is 0 Å². The molecule has 1 unspecified atom stereocenters. The fourth-order valence-electron chi connectivity index (χ4n) is 3.96. The first-order valence-electron chi connectivity index (χ1n) is 11.8. The van der Waals surface area contributed by atoms with E-state index in [2.05, 4.69) is 17.6 Å². The van der Waals surface area contributed by atoms with Gasteiger partial charge in [-0.2, -0.15) is 4.31 Å². The zero-order valence-corrected chi connectivity index (χ0v) is 21.6. The maximum atomic E-state index is 13.2. The number of nitrogens with one attached hydrogen (secondary N) is 2. The Labute approximate surface area is 206 Å². The standard InChI is InChI=1S/C24H34ClN3O3S2/c1-2-3-4-5-15-26-21-7-6-16-28(17-14-21)33(30,31)23-13-12-22(32-23)18-27-24(29)19-8-10-20(25)11-9-19/h8-13,21,26H,2-7,14-18H2,1H3,(H,27,29). The molecule has 3 rings (SSSR count). The number of nitrogens with zero attached hydrogens (tertiary/aromatic N) is 1. The molecule has 1 aromatic carbocycles. The van der Waals surface area contributed by atoms with E-state index < -0.39 is 10.0 Å². The lowest BCUT2D eigenvalue weighted by molar-refractivity contribution is 0.0951. The second-order valence-electron chi connectivity index (χ2n) is 8.46. The van der Waals surface area contributed by atoms with Gasteiger partial charge in [0.1, 0.15) is 4.21 Å². The molecule has 1 saturated heterocycles. The second kappa shape index (κ2) is 12.9. The van der Waals surface area contributed by atoms with E-state index in [0.717, 1.165) is 30.7 Å². The SMILES string of the molecule is CCCCCCNC1CCCN(S(=O)(=O)c2ccc(CNC(=O)c3ccc(Cl)cc3)s2)CC1. The smallest absolute Gasteiger partial charge is 0.252 e. The molecule has 182 valence electrons. The van der Waals surface area contributed by atoms with Crippen LogP contribution in [-0.4, -0.2) is 44.3 Å². The van der Waals surface area contributed by atoms with E-state index in [1.165, 1.54) is 37.0 Å². The normalized spacial score (nSPS) is 17.6. The van der Waals surface area contributed by atoms with Crippen LogP contribution in [0.25, 0.3) is 0 Å². The van der Waals surface area contributed by atoms with Crippen LogP contribution in [0.1, 0.15) is 67.1 Å². The van der Waals surface area contributed by atoms with Gasteiger partial charge in [0.15, 0.2) is 0 Å². The summed E-state index contributed by atoms with van der Waals surface area (Å²) in [6, 6.07) is 10.5. The van der Waals surface area contributed by atoms with Gasteiger partial charge in [0.05, 0.1) is 6.54 Å². The van der Waals surface area contributed by atoms with Crippen LogP contribution >= 0.6 is 22.9 Å². The van der Waals surface area contributed by atoms with Crippen LogP contribution in [0.4, 0.5) is 0 Å². The summed E-state index contributed by atoms with van der Waals surface area (Å²) in [4.78, 5) is 13.1. The number of hydrogen-bond acceptors (Lipinski definition) is 5. The van der Waals surface area contributed by atoms with Gasteiger partial charge < -0.3 is 10.6 Å². The topological polar surface area (TPSA) is 78.5 Å². The van der Waals surface area contributed by atoms with Gasteiger partial charge in [0, 0.05) is 34.6 Å². The van der Waals surface area contributed by atoms with Gasteiger partial charge in [-0.25, -0.2) is 8.42 Å². The van der Waals surface area contributed by atoms with Crippen molar-refractivity contribution >= 4 is 38.9 Å². The summed E-state index contributed by atoms with van der Waals surface area (Å²) in [5.41, 5.74) is 0.516. The van der Waals surface area contributed by atoms with Gasteiger partial charge in [-0.15, -0.1) is 11.3 Å². The Bertz CT molecular complexity index is 993. The van der Waals surface area contributed by atoms with E-state index in [-0.39, 0.29) is 12.5 Å². The maximum Gasteiger partial charge on any atom is 0.252 e. The summed E-state index contributed by atoms with van der Waals surface area (Å²) in [5.74, 6) is -0.217. The summed E-state index contributed by atoms with van der Waals surface area (Å²) < 4.78 is 28.4. The molecule has 9 heteroatoms. The van der Waals surface area contributed by atoms with Crippen LogP contribution in [0, 0.1) is 0 Å². The molecule has 0 saturated carbocycles. The molecule has 1 amide bonds. The van der Waals surface area contributed by atoms with E-state index >= 15 is 0 Å². The van der Waals surface area contributed by atoms with Crippen molar-refractivity contribution in [2.45, 2.75) is 68.7 Å². The highest BCUT2D eigenvalue weighted by Gasteiger charge is 2.28. The van der Waals surface area contributed by atoms with Gasteiger partial charge >= 0.3 is 0 Å². The number of carbonyl (C=O) groups is 1. The molecule has 1 aliphatic rings. The van der Waals surface area contributed by atoms with Crippen LogP contribution in [0.3, 0.4) is 0 Å². The summed E-state index contributed by atoms with van der Waals surface area (Å²) in [6.45, 7) is 4.59. The average Bonchev–Trinajstić information content (AvgIpc) is 3.16. The van der Waals surface area contributed by atoms with Crippen LogP contribution < -0.4 is 10.6 Å². The Balaban J connectivity index is 1.51. The molecule has 1 fully saturated rings. The summed E-state index contributed by atoms with van der Waals surface area (Å²) >= 11 is 7.08. The lowest BCUT2D eigenvalue weighted by Crippen LogP contribution is -2.34. The van der Waals surface area contributed by atoms with Gasteiger partial charge in [-0.1, -0.05) is 37.8 Å². The van der Waals surface area contributed by atoms with Crippen molar-refractivity contribution in [2.75, 3.05) is 19.6 Å². The lowest BCUT2D eigenvalue weighted by atomic mass is 10.1. The number of hydrogen-bond donors (Lipinski definition) is 2. The van der Waals surface area contributed by atoms with Crippen LogP contribution in [0.15, 0.2) is 40.6 Å². The van der Waals surface area contributed by atoms with Gasteiger partial charge in [0.25, 0.3) is 15.9 Å². The number of benzene rings is 1. The predicted octanol–water partition coefficient (Wildman–Crippen LogP) is 5.04. The third-order valence-electron chi connectivity index (χ3n) is 5.91. The minimum Gasteiger partial charge on any atom is -0.347 e. The molecule has 0 bridgehead atoms. The van der Waals surface area contributed by atoms with Crippen molar-refractivity contribution in [1.29, 1.82) is 0 Å². The number of rotatable bonds is 11. The number of thiophene rings is 1. The number of unbranched alkanes of at least 4 members (excludes halogenated alkanes) is 3. The Morgan fingerprint density at radius 1 is 1.09 bits per heavy atom. The summed E-state index contributed by atoms with van der Waals surface area (Å²) in [7, 11) is -3.52. The molecular weight excluding hydrogens is 478 g/mol. The summed E-state index contributed by atoms with van der Waals surface area (Å²) in [6.07, 6.45) is 7.63. The molecule has 6 nitrogen and oxygen atoms in total. The Hall–Kier alpha value is -1.45. The fourth-order valence-corrected chi connectivity index (χ4v) is 7.03. The van der Waals surface area contributed by atoms with Crippen LogP contribution in [-0.2, 0) is 16.6 Å². The van der Waals surface area contributed by atoms with E-state index in [1.807, 2.05) is 0 Å². The van der Waals surface area contributed by atoms with Crippen molar-refractivity contribution in [1.82, 2.24) is 14.9 Å². The zero-order chi connectivity index (χ0) is 23.7. The van der Waals surface area contributed by atoms with Crippen LogP contribution in [0.5, 0.6) is 0 Å². The fraction of sp³-hybridized carbons (Fsp3) is 0.542. The molecular formula is C24H34ClN3O3S2. The molecule has 0 aliphatic carbocycles. The average molecular weight is 512 g/mol. The van der Waals surface area contributed by atoms with Crippen molar-refractivity contribution in [3.05, 3.63) is 51.9 Å². The van der Waals surface area contributed by atoms with Crippen molar-refractivity contribution in [2.24, 2.45) is 0 Å². The molecule has 2 heterocycles. The Morgan fingerprint density at radius 3 is 2.64 bits per heavy atom. The van der Waals surface area contributed by atoms with E-state index in [0.29, 0.717) is 33.9 Å². The first kappa shape index (κ1) is 26.2. The number of amides is 1. The highest BCUT2D eigenvalue weighted by Crippen LogP contribution is 2.27. The maximum absolute atomic E-state index is 13.2. The minimum absolute atomic E-state index is 0.217. The second-order valence-corrected chi connectivity index (χ2v) is 12.2. The third kappa shape index (κ3) is 7.79. The number of carbonyl (C=O) groups excluding carboxylic acids is 1. The largest absolute Gasteiger partial charge is 0.347 e. The Morgan fingerprint density at radius 2 is 1.88 bits per heavy atom. The molecule has 2 N–H and O–H groups in total. The molecule has 2 aromatic rings. The molecule has 1 aromatic heterocycles. The predicted molar refractivity (Wildman–Crippen MR) is 135 cm³/mol. The number of halogens is 1. The first-order chi connectivity index (χ1) is 15.9. The van der Waals surface area contributed by atoms with Crippen molar-refractivity contribution in [3.63, 3.8) is 0 Å². The first-order valence-corrected chi connectivity index (χ1v) is 14.4. The molecule has 33 heavy (non-hydrogen) atoms. The van der Waals surface area contributed by atoms with Crippen molar-refractivity contribution < 1.29 is 13.2 Å². The zero-order valence-electron chi connectivity index (χ0n) is 19.2. The molecule has 1 atom stereocenters. The van der Waals surface area contributed by atoms with E-state index in [9.17, 15) is 13.2 Å². The van der Waals surface area contributed by atoms with E-state index in [1.54, 1.807) is 40.7 Å². The van der Waals surface area contributed by atoms with Crippen molar-refractivity contribution in [3.8, 4) is 0 Å².